The minimum absolute atomic E-state index is 0.0356. The van der Waals surface area contributed by atoms with Gasteiger partial charge in [-0.25, -0.2) is 4.98 Å². The quantitative estimate of drug-likeness (QED) is 0.753. The predicted octanol–water partition coefficient (Wildman–Crippen LogP) is 1.63. The lowest BCUT2D eigenvalue weighted by atomic mass is 10.3. The van der Waals surface area contributed by atoms with Crippen LogP contribution in [0.3, 0.4) is 0 Å². The molecule has 1 aromatic carbocycles. The minimum Gasteiger partial charge on any atom is -0.494 e. The molecule has 0 saturated carbocycles. The summed E-state index contributed by atoms with van der Waals surface area (Å²) >= 11 is 0. The van der Waals surface area contributed by atoms with Gasteiger partial charge in [-0.15, -0.1) is 0 Å². The van der Waals surface area contributed by atoms with Crippen LogP contribution in [0, 0.1) is 0 Å². The van der Waals surface area contributed by atoms with E-state index in [1.54, 1.807) is 21.9 Å². The molecule has 0 atom stereocenters. The zero-order chi connectivity index (χ0) is 19.8. The molecule has 1 fully saturated rings. The molecule has 1 saturated heterocycles. The third-order valence-electron chi connectivity index (χ3n) is 4.42. The molecule has 0 bridgehead atoms. The third-order valence-corrected chi connectivity index (χ3v) is 4.42. The Hall–Kier alpha value is -3.16. The lowest BCUT2D eigenvalue weighted by Gasteiger charge is -2.22. The van der Waals surface area contributed by atoms with E-state index in [9.17, 15) is 9.59 Å². The maximum Gasteiger partial charge on any atom is 0.274 e. The Balaban J connectivity index is 1.49. The van der Waals surface area contributed by atoms with Gasteiger partial charge in [0.25, 0.3) is 11.8 Å². The van der Waals surface area contributed by atoms with Crippen LogP contribution in [0.15, 0.2) is 42.9 Å². The van der Waals surface area contributed by atoms with Gasteiger partial charge in [-0.1, -0.05) is 0 Å². The highest BCUT2D eigenvalue weighted by Gasteiger charge is 2.23. The molecule has 3 rings (SSSR count). The van der Waals surface area contributed by atoms with E-state index in [-0.39, 0.29) is 18.4 Å². The van der Waals surface area contributed by atoms with Crippen molar-refractivity contribution in [1.29, 1.82) is 0 Å². The van der Waals surface area contributed by atoms with Crippen LogP contribution in [0.2, 0.25) is 0 Å². The van der Waals surface area contributed by atoms with Gasteiger partial charge in [0.1, 0.15) is 17.2 Å². The van der Waals surface area contributed by atoms with Gasteiger partial charge >= 0.3 is 0 Å². The number of nitrogens with zero attached hydrogens (tertiary/aromatic N) is 4. The van der Waals surface area contributed by atoms with Crippen molar-refractivity contribution >= 4 is 11.8 Å². The average molecular weight is 384 g/mol. The fourth-order valence-electron chi connectivity index (χ4n) is 2.98. The van der Waals surface area contributed by atoms with Crippen LogP contribution in [0.1, 0.15) is 23.8 Å². The zero-order valence-corrected chi connectivity index (χ0v) is 15.9. The van der Waals surface area contributed by atoms with E-state index in [1.807, 2.05) is 19.1 Å². The Bertz CT molecular complexity index is 783. The van der Waals surface area contributed by atoms with E-state index >= 15 is 0 Å². The molecule has 2 amide bonds. The van der Waals surface area contributed by atoms with Crippen molar-refractivity contribution in [2.24, 2.45) is 0 Å². The van der Waals surface area contributed by atoms with Gasteiger partial charge in [-0.2, -0.15) is 0 Å². The number of amides is 2. The molecular formula is C20H24N4O4. The molecule has 2 aromatic rings. The standard InChI is InChI=1S/C20H24N4O4/c1-2-27-16-4-6-17(7-5-16)28-15-19(25)23-10-3-11-24(13-12-23)20(26)18-14-21-8-9-22-18/h4-9,14H,2-3,10-13,15H2,1H3. The van der Waals surface area contributed by atoms with Crippen LogP contribution >= 0.6 is 0 Å². The fraction of sp³-hybridized carbons (Fsp3) is 0.400. The zero-order valence-electron chi connectivity index (χ0n) is 15.9. The topological polar surface area (TPSA) is 84.9 Å². The summed E-state index contributed by atoms with van der Waals surface area (Å²) < 4.78 is 11.0. The van der Waals surface area contributed by atoms with Crippen molar-refractivity contribution in [2.45, 2.75) is 13.3 Å². The number of hydrogen-bond acceptors (Lipinski definition) is 6. The van der Waals surface area contributed by atoms with Gasteiger partial charge in [-0.05, 0) is 37.6 Å². The van der Waals surface area contributed by atoms with Crippen molar-refractivity contribution in [3.63, 3.8) is 0 Å². The highest BCUT2D eigenvalue weighted by molar-refractivity contribution is 5.92. The van der Waals surface area contributed by atoms with Crippen LogP contribution < -0.4 is 9.47 Å². The van der Waals surface area contributed by atoms with Crippen molar-refractivity contribution in [3.8, 4) is 11.5 Å². The molecule has 0 N–H and O–H groups in total. The monoisotopic (exact) mass is 384 g/mol. The van der Waals surface area contributed by atoms with Crippen molar-refractivity contribution in [3.05, 3.63) is 48.5 Å². The second kappa shape index (κ2) is 9.68. The van der Waals surface area contributed by atoms with E-state index < -0.39 is 0 Å². The molecule has 0 radical (unpaired) electrons. The molecule has 0 unspecified atom stereocenters. The average Bonchev–Trinajstić information content (AvgIpc) is 3.00. The first-order valence-electron chi connectivity index (χ1n) is 9.36. The predicted molar refractivity (Wildman–Crippen MR) is 102 cm³/mol. The van der Waals surface area contributed by atoms with Gasteiger partial charge < -0.3 is 19.3 Å². The molecule has 148 valence electrons. The molecule has 1 aliphatic heterocycles. The van der Waals surface area contributed by atoms with Gasteiger partial charge in [0.15, 0.2) is 6.61 Å². The van der Waals surface area contributed by atoms with Crippen LogP contribution in [0.4, 0.5) is 0 Å². The van der Waals surface area contributed by atoms with Crippen LogP contribution in [-0.4, -0.2) is 71.0 Å². The van der Waals surface area contributed by atoms with Crippen LogP contribution in [0.5, 0.6) is 11.5 Å². The summed E-state index contributed by atoms with van der Waals surface area (Å²) in [4.78, 5) is 36.4. The van der Waals surface area contributed by atoms with E-state index in [0.29, 0.717) is 50.7 Å². The Labute approximate surface area is 164 Å². The van der Waals surface area contributed by atoms with Crippen LogP contribution in [-0.2, 0) is 4.79 Å². The summed E-state index contributed by atoms with van der Waals surface area (Å²) in [5.74, 6) is 1.13. The number of hydrogen-bond donors (Lipinski definition) is 0. The summed E-state index contributed by atoms with van der Waals surface area (Å²) in [7, 11) is 0. The number of aromatic nitrogens is 2. The van der Waals surface area contributed by atoms with Gasteiger partial charge in [-0.3, -0.25) is 14.6 Å². The largest absolute Gasteiger partial charge is 0.494 e. The second-order valence-electron chi connectivity index (χ2n) is 6.31. The van der Waals surface area contributed by atoms with Crippen molar-refractivity contribution in [1.82, 2.24) is 19.8 Å². The SMILES string of the molecule is CCOc1ccc(OCC(=O)N2CCCN(C(=O)c3cnccn3)CC2)cc1. The first-order chi connectivity index (χ1) is 13.7. The molecule has 8 nitrogen and oxygen atoms in total. The summed E-state index contributed by atoms with van der Waals surface area (Å²) in [6, 6.07) is 7.18. The first kappa shape index (κ1) is 19.6. The molecule has 28 heavy (non-hydrogen) atoms. The Kier molecular flexibility index (Phi) is 6.78. The Morgan fingerprint density at radius 3 is 2.32 bits per heavy atom. The van der Waals surface area contributed by atoms with E-state index in [2.05, 4.69) is 9.97 Å². The maximum atomic E-state index is 12.5. The van der Waals surface area contributed by atoms with Crippen molar-refractivity contribution < 1.29 is 19.1 Å². The van der Waals surface area contributed by atoms with Crippen molar-refractivity contribution in [2.75, 3.05) is 39.4 Å². The number of carbonyl (C=O) groups excluding carboxylic acids is 2. The third kappa shape index (κ3) is 5.18. The molecule has 0 spiro atoms. The molecule has 1 aromatic heterocycles. The summed E-state index contributed by atoms with van der Waals surface area (Å²) in [5, 5.41) is 0. The van der Waals surface area contributed by atoms with E-state index in [1.165, 1.54) is 18.6 Å². The highest BCUT2D eigenvalue weighted by Crippen LogP contribution is 2.17. The normalized spacial score (nSPS) is 14.3. The number of carbonyl (C=O) groups is 2. The second-order valence-corrected chi connectivity index (χ2v) is 6.31. The summed E-state index contributed by atoms with van der Waals surface area (Å²) in [6.45, 7) is 4.60. The number of rotatable bonds is 6. The van der Waals surface area contributed by atoms with Crippen LogP contribution in [0.25, 0.3) is 0 Å². The molecule has 1 aliphatic rings. The smallest absolute Gasteiger partial charge is 0.274 e. The van der Waals surface area contributed by atoms with Gasteiger partial charge in [0.05, 0.1) is 12.8 Å². The molecule has 0 aliphatic carbocycles. The Morgan fingerprint density at radius 1 is 0.964 bits per heavy atom. The fourth-order valence-corrected chi connectivity index (χ4v) is 2.98. The molecule has 2 heterocycles. The lowest BCUT2D eigenvalue weighted by molar-refractivity contribution is -0.133. The minimum atomic E-state index is -0.159. The number of benzene rings is 1. The Morgan fingerprint density at radius 2 is 1.64 bits per heavy atom. The number of ether oxygens (including phenoxy) is 2. The highest BCUT2D eigenvalue weighted by atomic mass is 16.5. The van der Waals surface area contributed by atoms with E-state index in [4.69, 9.17) is 9.47 Å². The first-order valence-corrected chi connectivity index (χ1v) is 9.36. The van der Waals surface area contributed by atoms with E-state index in [0.717, 1.165) is 5.75 Å². The molecular weight excluding hydrogens is 360 g/mol. The summed E-state index contributed by atoms with van der Waals surface area (Å²) in [6.07, 6.45) is 5.20. The van der Waals surface area contributed by atoms with Gasteiger partial charge in [0.2, 0.25) is 0 Å². The molecule has 8 heteroatoms. The maximum absolute atomic E-state index is 12.5. The lowest BCUT2D eigenvalue weighted by Crippen LogP contribution is -2.39. The summed E-state index contributed by atoms with van der Waals surface area (Å²) in [5.41, 5.74) is 0.320. The van der Waals surface area contributed by atoms with Gasteiger partial charge in [0, 0.05) is 38.6 Å².